The molecule has 21 heavy (non-hydrogen) atoms. The molecule has 0 spiro atoms. The second-order valence-corrected chi connectivity index (χ2v) is 6.22. The van der Waals surface area contributed by atoms with E-state index >= 15 is 0 Å². The number of hydrogen-bond acceptors (Lipinski definition) is 3. The molecule has 0 fully saturated rings. The Labute approximate surface area is 135 Å². The molecule has 0 saturated carbocycles. The lowest BCUT2D eigenvalue weighted by molar-refractivity contribution is 0.495. The molecule has 1 unspecified atom stereocenters. The minimum absolute atomic E-state index is 0.0951. The number of hydrogen-bond donors (Lipinski definition) is 2. The Kier molecular flexibility index (Phi) is 5.65. The van der Waals surface area contributed by atoms with Crippen LogP contribution in [0.2, 0.25) is 10.0 Å². The van der Waals surface area contributed by atoms with Gasteiger partial charge in [0.05, 0.1) is 15.7 Å². The van der Waals surface area contributed by atoms with Gasteiger partial charge >= 0.3 is 0 Å². The second kappa shape index (κ2) is 7.27. The number of nitrogens with zero attached hydrogens (tertiary/aromatic N) is 2. The van der Waals surface area contributed by atoms with E-state index < -0.39 is 0 Å². The molecule has 0 amide bonds. The fraction of sp³-hybridized carbons (Fsp3) is 0.400. The Morgan fingerprint density at radius 1 is 1.19 bits per heavy atom. The Bertz CT molecular complexity index is 595. The third-order valence-corrected chi connectivity index (χ3v) is 4.09. The van der Waals surface area contributed by atoms with Crippen LogP contribution in [-0.2, 0) is 12.8 Å². The Hall–Kier alpha value is -1.07. The highest BCUT2D eigenvalue weighted by atomic mass is 35.5. The van der Waals surface area contributed by atoms with Gasteiger partial charge in [-0.3, -0.25) is 16.0 Å². The molecule has 1 atom stereocenters. The first kappa shape index (κ1) is 16.3. The summed E-state index contributed by atoms with van der Waals surface area (Å²) in [5.41, 5.74) is 4.96. The predicted molar refractivity (Wildman–Crippen MR) is 87.6 cm³/mol. The van der Waals surface area contributed by atoms with Crippen LogP contribution in [0.5, 0.6) is 0 Å². The number of nitrogens with one attached hydrogen (secondary N) is 1. The van der Waals surface area contributed by atoms with Gasteiger partial charge in [-0.1, -0.05) is 29.3 Å². The lowest BCUT2D eigenvalue weighted by atomic mass is 10.0. The molecule has 0 radical (unpaired) electrons. The van der Waals surface area contributed by atoms with Crippen LogP contribution < -0.4 is 11.3 Å². The van der Waals surface area contributed by atoms with Gasteiger partial charge in [-0.05, 0) is 44.0 Å². The fourth-order valence-corrected chi connectivity index (χ4v) is 2.49. The molecule has 0 bridgehead atoms. The standard InChI is InChI=1S/C15H20Cl2N4/c1-10(2)21-6-5-12(20-21)9-13(19-18)7-11-3-4-14(16)15(17)8-11/h3-6,8,10,13,19H,7,9,18H2,1-2H3. The highest BCUT2D eigenvalue weighted by Gasteiger charge is 2.12. The van der Waals surface area contributed by atoms with Gasteiger partial charge in [-0.25, -0.2) is 0 Å². The number of benzene rings is 1. The SMILES string of the molecule is CC(C)n1ccc(CC(Cc2ccc(Cl)c(Cl)c2)NN)n1. The van der Waals surface area contributed by atoms with E-state index in [-0.39, 0.29) is 6.04 Å². The van der Waals surface area contributed by atoms with Gasteiger partial charge in [0.1, 0.15) is 0 Å². The quantitative estimate of drug-likeness (QED) is 0.632. The van der Waals surface area contributed by atoms with Gasteiger partial charge < -0.3 is 0 Å². The van der Waals surface area contributed by atoms with E-state index in [1.54, 1.807) is 6.07 Å². The molecule has 1 heterocycles. The van der Waals surface area contributed by atoms with E-state index in [0.717, 1.165) is 24.1 Å². The normalized spacial score (nSPS) is 12.9. The van der Waals surface area contributed by atoms with Crippen molar-refractivity contribution in [2.24, 2.45) is 5.84 Å². The van der Waals surface area contributed by atoms with Crippen LogP contribution in [0.25, 0.3) is 0 Å². The van der Waals surface area contributed by atoms with Crippen molar-refractivity contribution in [1.82, 2.24) is 15.2 Å². The zero-order valence-corrected chi connectivity index (χ0v) is 13.7. The van der Waals surface area contributed by atoms with E-state index in [2.05, 4.69) is 24.4 Å². The number of hydrazine groups is 1. The molecule has 0 saturated heterocycles. The molecule has 0 aliphatic rings. The lowest BCUT2D eigenvalue weighted by Crippen LogP contribution is -2.38. The van der Waals surface area contributed by atoms with Crippen LogP contribution in [0.4, 0.5) is 0 Å². The van der Waals surface area contributed by atoms with Crippen LogP contribution in [0.1, 0.15) is 31.1 Å². The van der Waals surface area contributed by atoms with Crippen molar-refractivity contribution < 1.29 is 0 Å². The third-order valence-electron chi connectivity index (χ3n) is 3.35. The summed E-state index contributed by atoms with van der Waals surface area (Å²) >= 11 is 12.0. The molecular weight excluding hydrogens is 307 g/mol. The zero-order valence-electron chi connectivity index (χ0n) is 12.2. The molecule has 0 aliphatic heterocycles. The molecule has 3 N–H and O–H groups in total. The maximum atomic E-state index is 6.04. The van der Waals surface area contributed by atoms with Crippen molar-refractivity contribution in [3.8, 4) is 0 Å². The van der Waals surface area contributed by atoms with Gasteiger partial charge in [0.25, 0.3) is 0 Å². The summed E-state index contributed by atoms with van der Waals surface area (Å²) < 4.78 is 1.95. The number of rotatable bonds is 6. The van der Waals surface area contributed by atoms with E-state index in [1.807, 2.05) is 29.1 Å². The second-order valence-electron chi connectivity index (χ2n) is 5.40. The summed E-state index contributed by atoms with van der Waals surface area (Å²) in [5.74, 6) is 5.66. The first-order valence-corrected chi connectivity index (χ1v) is 7.69. The van der Waals surface area contributed by atoms with Crippen molar-refractivity contribution in [1.29, 1.82) is 0 Å². The number of halogens is 2. The summed E-state index contributed by atoms with van der Waals surface area (Å²) in [6.07, 6.45) is 3.52. The minimum Gasteiger partial charge on any atom is -0.271 e. The van der Waals surface area contributed by atoms with Crippen LogP contribution in [0.3, 0.4) is 0 Å². The van der Waals surface area contributed by atoms with Crippen molar-refractivity contribution in [3.05, 3.63) is 51.8 Å². The summed E-state index contributed by atoms with van der Waals surface area (Å²) in [6, 6.07) is 8.13. The summed E-state index contributed by atoms with van der Waals surface area (Å²) in [4.78, 5) is 0. The third kappa shape index (κ3) is 4.45. The van der Waals surface area contributed by atoms with Gasteiger partial charge in [-0.15, -0.1) is 0 Å². The first-order valence-electron chi connectivity index (χ1n) is 6.93. The number of aromatic nitrogens is 2. The molecule has 0 aliphatic carbocycles. The van der Waals surface area contributed by atoms with Gasteiger partial charge in [0.15, 0.2) is 0 Å². The Morgan fingerprint density at radius 2 is 1.95 bits per heavy atom. The highest BCUT2D eigenvalue weighted by Crippen LogP contribution is 2.23. The van der Waals surface area contributed by atoms with Crippen molar-refractivity contribution in [2.45, 2.75) is 38.8 Å². The molecular formula is C15H20Cl2N4. The number of nitrogens with two attached hydrogens (primary N) is 1. The molecule has 4 nitrogen and oxygen atoms in total. The van der Waals surface area contributed by atoms with Crippen LogP contribution in [0.15, 0.2) is 30.5 Å². The predicted octanol–water partition coefficient (Wildman–Crippen LogP) is 3.39. The first-order chi connectivity index (χ1) is 9.99. The van der Waals surface area contributed by atoms with E-state index in [0.29, 0.717) is 16.1 Å². The Balaban J connectivity index is 2.03. The Morgan fingerprint density at radius 3 is 2.52 bits per heavy atom. The van der Waals surface area contributed by atoms with E-state index in [1.165, 1.54) is 0 Å². The average Bonchev–Trinajstić information content (AvgIpc) is 2.91. The van der Waals surface area contributed by atoms with Crippen molar-refractivity contribution in [3.63, 3.8) is 0 Å². The molecule has 1 aromatic heterocycles. The largest absolute Gasteiger partial charge is 0.271 e. The molecule has 2 rings (SSSR count). The van der Waals surface area contributed by atoms with Crippen LogP contribution in [-0.4, -0.2) is 15.8 Å². The summed E-state index contributed by atoms with van der Waals surface area (Å²) in [6.45, 7) is 4.20. The van der Waals surface area contributed by atoms with E-state index in [4.69, 9.17) is 29.0 Å². The van der Waals surface area contributed by atoms with Crippen LogP contribution in [0, 0.1) is 0 Å². The van der Waals surface area contributed by atoms with Gasteiger partial charge in [0, 0.05) is 24.7 Å². The smallest absolute Gasteiger partial charge is 0.0640 e. The highest BCUT2D eigenvalue weighted by molar-refractivity contribution is 6.42. The zero-order chi connectivity index (χ0) is 15.4. The van der Waals surface area contributed by atoms with Crippen LogP contribution >= 0.6 is 23.2 Å². The average molecular weight is 327 g/mol. The van der Waals surface area contributed by atoms with Gasteiger partial charge in [-0.2, -0.15) is 5.10 Å². The maximum Gasteiger partial charge on any atom is 0.0640 e. The van der Waals surface area contributed by atoms with Crippen molar-refractivity contribution in [2.75, 3.05) is 0 Å². The monoisotopic (exact) mass is 326 g/mol. The molecule has 2 aromatic rings. The topological polar surface area (TPSA) is 55.9 Å². The van der Waals surface area contributed by atoms with Gasteiger partial charge in [0.2, 0.25) is 0 Å². The van der Waals surface area contributed by atoms with E-state index in [9.17, 15) is 0 Å². The lowest BCUT2D eigenvalue weighted by Gasteiger charge is -2.15. The maximum absolute atomic E-state index is 6.04. The molecule has 114 valence electrons. The molecule has 1 aromatic carbocycles. The molecule has 6 heteroatoms. The summed E-state index contributed by atoms with van der Waals surface area (Å²) in [5, 5.41) is 5.67. The fourth-order valence-electron chi connectivity index (χ4n) is 2.17. The minimum atomic E-state index is 0.0951. The summed E-state index contributed by atoms with van der Waals surface area (Å²) in [7, 11) is 0. The van der Waals surface area contributed by atoms with Crippen molar-refractivity contribution >= 4 is 23.2 Å².